The van der Waals surface area contributed by atoms with Crippen molar-refractivity contribution in [3.8, 4) is 28.4 Å². The van der Waals surface area contributed by atoms with E-state index >= 15 is 0 Å². The smallest absolute Gasteiger partial charge is 0.424 e. The van der Waals surface area contributed by atoms with Crippen LogP contribution in [0, 0.1) is 58.2 Å². The maximum atomic E-state index is 14.5. The van der Waals surface area contributed by atoms with Gasteiger partial charge in [0.1, 0.15) is 18.9 Å². The van der Waals surface area contributed by atoms with Crippen LogP contribution in [0.1, 0.15) is 22.7 Å². The van der Waals surface area contributed by atoms with Crippen LogP contribution >= 0.6 is 0 Å². The quantitative estimate of drug-likeness (QED) is 0.0301. The fourth-order valence-electron chi connectivity index (χ4n) is 6.84. The molecule has 0 fully saturated rings. The van der Waals surface area contributed by atoms with Gasteiger partial charge in [-0.1, -0.05) is 60.7 Å². The van der Waals surface area contributed by atoms with Gasteiger partial charge in [0.15, 0.2) is 6.61 Å². The van der Waals surface area contributed by atoms with E-state index in [-0.39, 0.29) is 41.4 Å². The molecule has 0 radical (unpaired) electrons. The van der Waals surface area contributed by atoms with Gasteiger partial charge in [0.05, 0.1) is 12.1 Å². The summed E-state index contributed by atoms with van der Waals surface area (Å²) in [6.07, 6.45) is -0.820. The molecule has 7 rings (SSSR count). The molecule has 0 unspecified atom stereocenters. The van der Waals surface area contributed by atoms with Crippen molar-refractivity contribution in [1.29, 1.82) is 0 Å². The number of halogens is 10. The molecule has 1 aromatic heterocycles. The first-order valence-electron chi connectivity index (χ1n) is 18.0. The number of benzene rings is 5. The van der Waals surface area contributed by atoms with E-state index in [2.05, 4.69) is 9.47 Å². The van der Waals surface area contributed by atoms with Crippen LogP contribution in [0.3, 0.4) is 0 Å². The Hall–Kier alpha value is -7.09. The lowest BCUT2D eigenvalue weighted by atomic mass is 9.98. The Morgan fingerprint density at radius 1 is 0.613 bits per heavy atom. The molecule has 10 nitrogen and oxygen atoms in total. The third kappa shape index (κ3) is 7.83. The Morgan fingerprint density at radius 2 is 1.10 bits per heavy atom. The molecule has 20 heteroatoms. The van der Waals surface area contributed by atoms with Crippen molar-refractivity contribution in [3.05, 3.63) is 148 Å². The van der Waals surface area contributed by atoms with E-state index in [4.69, 9.17) is 9.47 Å². The molecule has 0 spiro atoms. The fourth-order valence-corrected chi connectivity index (χ4v) is 6.84. The number of para-hydroxylation sites is 1. The molecule has 0 bridgehead atoms. The second-order valence-corrected chi connectivity index (χ2v) is 13.6. The van der Waals surface area contributed by atoms with Crippen LogP contribution in [-0.2, 0) is 27.4 Å². The molecule has 0 saturated heterocycles. The topological polar surface area (TPSA) is 99.5 Å². The lowest BCUT2D eigenvalue weighted by Crippen LogP contribution is -2.41. The summed E-state index contributed by atoms with van der Waals surface area (Å²) in [6.45, 7) is -2.65. The van der Waals surface area contributed by atoms with Crippen LogP contribution in [0.2, 0.25) is 0 Å². The zero-order valence-electron chi connectivity index (χ0n) is 31.8. The van der Waals surface area contributed by atoms with Gasteiger partial charge in [0.25, 0.3) is 0 Å². The second-order valence-electron chi connectivity index (χ2n) is 13.6. The molecule has 0 aliphatic heterocycles. The number of fused-ring (bicyclic) bond motifs is 4. The predicted molar refractivity (Wildman–Crippen MR) is 195 cm³/mol. The first-order valence-corrected chi connectivity index (χ1v) is 18.0. The van der Waals surface area contributed by atoms with Crippen molar-refractivity contribution >= 4 is 28.9 Å². The molecule has 62 heavy (non-hydrogen) atoms. The third-order valence-corrected chi connectivity index (χ3v) is 9.88. The van der Waals surface area contributed by atoms with Gasteiger partial charge >= 0.3 is 18.0 Å². The SMILES string of the molecule is CN(Cc1cc2cccc(OCC(=O)Oc3c(F)c(F)c(F)c(F)c3F)c2n1CC(=O)Oc1c(F)c(F)c(F)c(F)c1F)N(C)C(=O)OCC1c2ccccc2-c2ccccc21. The average molecular weight is 876 g/mol. The number of rotatable bonds is 12. The minimum Gasteiger partial charge on any atom is -0.480 e. The lowest BCUT2D eigenvalue weighted by Gasteiger charge is -2.28. The first kappa shape index (κ1) is 43.0. The number of hydrogen-bond donors (Lipinski definition) is 0. The molecule has 1 heterocycles. The molecular formula is C42H27F10N3O7. The average Bonchev–Trinajstić information content (AvgIpc) is 3.78. The molecule has 1 aliphatic rings. The Labute approximate surface area is 342 Å². The Morgan fingerprint density at radius 3 is 1.63 bits per heavy atom. The van der Waals surface area contributed by atoms with Crippen LogP contribution in [-0.4, -0.2) is 59.9 Å². The predicted octanol–water partition coefficient (Wildman–Crippen LogP) is 8.85. The van der Waals surface area contributed by atoms with E-state index in [1.54, 1.807) is 0 Å². The zero-order chi connectivity index (χ0) is 44.7. The summed E-state index contributed by atoms with van der Waals surface area (Å²) >= 11 is 0. The maximum absolute atomic E-state index is 14.5. The summed E-state index contributed by atoms with van der Waals surface area (Å²) in [5, 5.41) is 2.60. The van der Waals surface area contributed by atoms with E-state index in [0.29, 0.717) is 0 Å². The van der Waals surface area contributed by atoms with E-state index in [0.717, 1.165) is 31.8 Å². The largest absolute Gasteiger partial charge is 0.480 e. The number of hydrogen-bond acceptors (Lipinski definition) is 8. The Kier molecular flexibility index (Phi) is 11.9. The van der Waals surface area contributed by atoms with Gasteiger partial charge in [-0.05, 0) is 34.4 Å². The van der Waals surface area contributed by atoms with Crippen LogP contribution in [0.15, 0.2) is 72.8 Å². The lowest BCUT2D eigenvalue weighted by molar-refractivity contribution is -0.137. The molecule has 0 atom stereocenters. The van der Waals surface area contributed by atoms with Gasteiger partial charge in [-0.25, -0.2) is 50.7 Å². The number of carbonyl (C=O) groups is 3. The number of esters is 2. The van der Waals surface area contributed by atoms with Crippen LogP contribution in [0.5, 0.6) is 17.2 Å². The van der Waals surface area contributed by atoms with Crippen molar-refractivity contribution in [1.82, 2.24) is 14.6 Å². The first-order chi connectivity index (χ1) is 29.5. The highest BCUT2D eigenvalue weighted by atomic mass is 19.2. The van der Waals surface area contributed by atoms with Crippen molar-refractivity contribution in [2.45, 2.75) is 19.0 Å². The minimum absolute atomic E-state index is 0.0533. The third-order valence-electron chi connectivity index (χ3n) is 9.88. The van der Waals surface area contributed by atoms with Crippen molar-refractivity contribution in [2.75, 3.05) is 27.3 Å². The molecular weight excluding hydrogens is 848 g/mol. The zero-order valence-corrected chi connectivity index (χ0v) is 31.8. The van der Waals surface area contributed by atoms with Gasteiger partial charge in [0, 0.05) is 31.1 Å². The van der Waals surface area contributed by atoms with Gasteiger partial charge in [-0.3, -0.25) is 0 Å². The minimum atomic E-state index is -2.51. The maximum Gasteiger partial charge on any atom is 0.424 e. The summed E-state index contributed by atoms with van der Waals surface area (Å²) in [6, 6.07) is 20.7. The van der Waals surface area contributed by atoms with Crippen LogP contribution in [0.4, 0.5) is 48.7 Å². The van der Waals surface area contributed by atoms with Crippen molar-refractivity contribution in [3.63, 3.8) is 0 Å². The van der Waals surface area contributed by atoms with Gasteiger partial charge in [-0.15, -0.1) is 0 Å². The number of carbonyl (C=O) groups excluding carboxylic acids is 3. The van der Waals surface area contributed by atoms with Crippen molar-refractivity contribution < 1.29 is 77.2 Å². The van der Waals surface area contributed by atoms with E-state index < -0.39 is 101 Å². The van der Waals surface area contributed by atoms with Gasteiger partial charge in [0.2, 0.25) is 69.7 Å². The Bertz CT molecular complexity index is 2700. The van der Waals surface area contributed by atoms with E-state index in [1.807, 2.05) is 48.5 Å². The molecule has 1 aliphatic carbocycles. The van der Waals surface area contributed by atoms with Gasteiger partial charge in [-0.2, -0.15) is 17.6 Å². The number of ether oxygens (including phenoxy) is 4. The highest BCUT2D eigenvalue weighted by molar-refractivity contribution is 5.89. The standard InChI is InChI=1S/C42H27F10N3O7/c1-53(54(2)42(58)60-17-25-23-11-5-3-9-21(23)22-10-4-6-12-24(22)25)15-20-14-19-8-7-13-26(59-18-28(57)62-41-37(51)33(47)30(44)34(48)38(41)52)39(19)55(20)16-27(56)61-40-35(49)31(45)29(43)32(46)36(40)50/h3-14,25H,15-18H2,1-2H3. The van der Waals surface area contributed by atoms with Crippen LogP contribution in [0.25, 0.3) is 22.0 Å². The number of hydrazine groups is 1. The highest BCUT2D eigenvalue weighted by Gasteiger charge is 2.33. The molecule has 322 valence electrons. The molecule has 6 aromatic rings. The fraction of sp³-hybridized carbons (Fsp3) is 0.167. The summed E-state index contributed by atoms with van der Waals surface area (Å²) in [4.78, 5) is 39.2. The Balaban J connectivity index is 1.15. The normalized spacial score (nSPS) is 12.1. The van der Waals surface area contributed by atoms with Crippen LogP contribution < -0.4 is 14.2 Å². The van der Waals surface area contributed by atoms with Gasteiger partial charge < -0.3 is 23.5 Å². The molecule has 0 N–H and O–H groups in total. The molecule has 1 amide bonds. The monoisotopic (exact) mass is 875 g/mol. The number of nitrogens with zero attached hydrogens (tertiary/aromatic N) is 3. The molecule has 0 saturated carbocycles. The second kappa shape index (κ2) is 17.1. The summed E-state index contributed by atoms with van der Waals surface area (Å²) < 4.78 is 161. The summed E-state index contributed by atoms with van der Waals surface area (Å²) in [5.74, 6) is -32.1. The summed E-state index contributed by atoms with van der Waals surface area (Å²) in [7, 11) is 2.79. The van der Waals surface area contributed by atoms with E-state index in [9.17, 15) is 58.3 Å². The highest BCUT2D eigenvalue weighted by Crippen LogP contribution is 2.44. The van der Waals surface area contributed by atoms with E-state index in [1.165, 1.54) is 43.4 Å². The number of amides is 1. The summed E-state index contributed by atoms with van der Waals surface area (Å²) in [5.41, 5.74) is 3.85. The van der Waals surface area contributed by atoms with Crippen molar-refractivity contribution in [2.24, 2.45) is 0 Å². The molecule has 5 aromatic carbocycles. The number of aromatic nitrogens is 1.